The Kier molecular flexibility index (Phi) is 29.9. The molecule has 0 aliphatic rings. The zero-order chi connectivity index (χ0) is 24.1. The summed E-state index contributed by atoms with van der Waals surface area (Å²) >= 11 is 3.51. The summed E-state index contributed by atoms with van der Waals surface area (Å²) in [6, 6.07) is 0. The number of hydroxylamine groups is 1. The molecule has 0 spiro atoms. The van der Waals surface area contributed by atoms with Crippen molar-refractivity contribution in [3.05, 3.63) is 0 Å². The molecular formula is C29H58BrNO2. The predicted octanol–water partition coefficient (Wildman–Crippen LogP) is 10.4. The zero-order valence-corrected chi connectivity index (χ0v) is 23.6. The van der Waals surface area contributed by atoms with E-state index in [-0.39, 0.29) is 5.91 Å². The van der Waals surface area contributed by atoms with Crippen LogP contribution >= 0.6 is 15.9 Å². The Balaban J connectivity index is 3.02. The first-order valence-corrected chi connectivity index (χ1v) is 15.9. The van der Waals surface area contributed by atoms with Crippen molar-refractivity contribution in [2.24, 2.45) is 0 Å². The molecular weight excluding hydrogens is 474 g/mol. The summed E-state index contributed by atoms with van der Waals surface area (Å²) in [4.78, 5) is 10.9. The first kappa shape index (κ1) is 32.9. The van der Waals surface area contributed by atoms with Gasteiger partial charge in [0.2, 0.25) is 5.91 Å². The Morgan fingerprint density at radius 2 is 0.636 bits per heavy atom. The number of unbranched alkanes of at least 4 members (excludes halogenated alkanes) is 25. The monoisotopic (exact) mass is 531 g/mol. The molecule has 0 aromatic heterocycles. The molecule has 0 fully saturated rings. The van der Waals surface area contributed by atoms with Gasteiger partial charge in [0.15, 0.2) is 0 Å². The van der Waals surface area contributed by atoms with Gasteiger partial charge in [-0.05, 0) is 12.8 Å². The number of carbonyl (C=O) groups excluding carboxylic acids is 1. The van der Waals surface area contributed by atoms with Crippen molar-refractivity contribution < 1.29 is 10.0 Å². The second-order valence-electron chi connectivity index (χ2n) is 10.2. The SMILES string of the molecule is O=C(CCCCCCCCCCCCCCCCCCCCCCCCCCCCBr)NO. The van der Waals surface area contributed by atoms with Crippen LogP contribution in [0.25, 0.3) is 0 Å². The second kappa shape index (κ2) is 29.9. The molecule has 1 amide bonds. The van der Waals surface area contributed by atoms with Crippen molar-refractivity contribution >= 4 is 21.8 Å². The standard InChI is InChI=1S/C29H58BrNO2/c30-28-26-24-22-20-18-16-14-12-10-8-6-4-2-1-3-5-7-9-11-13-15-17-19-21-23-25-27-29(32)31-33/h33H,1-28H2,(H,31,32). The molecule has 2 N–H and O–H groups in total. The number of alkyl halides is 1. The van der Waals surface area contributed by atoms with Gasteiger partial charge in [0.05, 0.1) is 0 Å². The first-order chi connectivity index (χ1) is 16.3. The second-order valence-corrected chi connectivity index (χ2v) is 11.0. The van der Waals surface area contributed by atoms with Crippen LogP contribution in [0, 0.1) is 0 Å². The summed E-state index contributed by atoms with van der Waals surface area (Å²) < 4.78 is 0. The maximum absolute atomic E-state index is 10.9. The smallest absolute Gasteiger partial charge is 0.243 e. The third kappa shape index (κ3) is 29.9. The van der Waals surface area contributed by atoms with Crippen molar-refractivity contribution in [1.29, 1.82) is 0 Å². The van der Waals surface area contributed by atoms with Crippen LogP contribution in [0.4, 0.5) is 0 Å². The lowest BCUT2D eigenvalue weighted by molar-refractivity contribution is -0.129. The number of hydrogen-bond acceptors (Lipinski definition) is 2. The molecule has 0 unspecified atom stereocenters. The largest absolute Gasteiger partial charge is 0.289 e. The Labute approximate surface area is 215 Å². The van der Waals surface area contributed by atoms with Crippen LogP contribution in [0.1, 0.15) is 173 Å². The number of hydrogen-bond donors (Lipinski definition) is 2. The van der Waals surface area contributed by atoms with Crippen molar-refractivity contribution in [3.63, 3.8) is 0 Å². The number of amides is 1. The molecule has 4 heteroatoms. The van der Waals surface area contributed by atoms with Crippen LogP contribution in [0.3, 0.4) is 0 Å². The van der Waals surface area contributed by atoms with Gasteiger partial charge < -0.3 is 0 Å². The Bertz CT molecular complexity index is 379. The van der Waals surface area contributed by atoms with Gasteiger partial charge in [-0.15, -0.1) is 0 Å². The van der Waals surface area contributed by atoms with Gasteiger partial charge in [-0.25, -0.2) is 5.48 Å². The van der Waals surface area contributed by atoms with Gasteiger partial charge in [0.25, 0.3) is 0 Å². The predicted molar refractivity (Wildman–Crippen MR) is 148 cm³/mol. The molecule has 0 aromatic carbocycles. The molecule has 3 nitrogen and oxygen atoms in total. The minimum Gasteiger partial charge on any atom is -0.289 e. The van der Waals surface area contributed by atoms with E-state index in [4.69, 9.17) is 5.21 Å². The van der Waals surface area contributed by atoms with Gasteiger partial charge >= 0.3 is 0 Å². The van der Waals surface area contributed by atoms with Gasteiger partial charge in [-0.2, -0.15) is 0 Å². The molecule has 0 aliphatic carbocycles. The van der Waals surface area contributed by atoms with Crippen molar-refractivity contribution in [1.82, 2.24) is 5.48 Å². The summed E-state index contributed by atoms with van der Waals surface area (Å²) in [5.74, 6) is -0.256. The summed E-state index contributed by atoms with van der Waals surface area (Å²) in [5, 5.41) is 9.61. The summed E-state index contributed by atoms with van der Waals surface area (Å²) in [5.41, 5.74) is 1.70. The van der Waals surface area contributed by atoms with Gasteiger partial charge in [0, 0.05) is 11.8 Å². The Morgan fingerprint density at radius 1 is 0.424 bits per heavy atom. The minimum atomic E-state index is -0.256. The van der Waals surface area contributed by atoms with Crippen molar-refractivity contribution in [3.8, 4) is 0 Å². The van der Waals surface area contributed by atoms with E-state index in [1.54, 1.807) is 5.48 Å². The van der Waals surface area contributed by atoms with Crippen LogP contribution in [-0.4, -0.2) is 16.4 Å². The molecule has 0 bridgehead atoms. The molecule has 0 rings (SSSR count). The van der Waals surface area contributed by atoms with E-state index in [1.807, 2.05) is 0 Å². The third-order valence-electron chi connectivity index (χ3n) is 6.91. The van der Waals surface area contributed by atoms with E-state index in [1.165, 1.54) is 159 Å². The lowest BCUT2D eigenvalue weighted by atomic mass is 10.0. The van der Waals surface area contributed by atoms with Crippen molar-refractivity contribution in [2.75, 3.05) is 5.33 Å². The normalized spacial score (nSPS) is 11.2. The third-order valence-corrected chi connectivity index (χ3v) is 7.47. The fourth-order valence-electron chi connectivity index (χ4n) is 4.68. The topological polar surface area (TPSA) is 49.3 Å². The average molecular weight is 533 g/mol. The highest BCUT2D eigenvalue weighted by Gasteiger charge is 1.99. The van der Waals surface area contributed by atoms with E-state index >= 15 is 0 Å². The Hall–Kier alpha value is -0.0900. The van der Waals surface area contributed by atoms with Crippen LogP contribution in [0.2, 0.25) is 0 Å². The van der Waals surface area contributed by atoms with Gasteiger partial charge in [0.1, 0.15) is 0 Å². The molecule has 198 valence electrons. The summed E-state index contributed by atoms with van der Waals surface area (Å²) in [6.07, 6.45) is 36.5. The quantitative estimate of drug-likeness (QED) is 0.0456. The number of rotatable bonds is 28. The number of nitrogens with one attached hydrogen (secondary N) is 1. The lowest BCUT2D eigenvalue weighted by Gasteiger charge is -2.04. The van der Waals surface area contributed by atoms with E-state index in [0.717, 1.165) is 12.8 Å². The highest BCUT2D eigenvalue weighted by atomic mass is 79.9. The molecule has 0 saturated heterocycles. The summed E-state index contributed by atoms with van der Waals surface area (Å²) in [7, 11) is 0. The van der Waals surface area contributed by atoms with Crippen LogP contribution < -0.4 is 5.48 Å². The van der Waals surface area contributed by atoms with E-state index in [0.29, 0.717) is 6.42 Å². The highest BCUT2D eigenvalue weighted by Crippen LogP contribution is 2.16. The fourth-order valence-corrected chi connectivity index (χ4v) is 5.08. The number of carbonyl (C=O) groups is 1. The molecule has 0 aromatic rings. The van der Waals surface area contributed by atoms with E-state index in [9.17, 15) is 4.79 Å². The maximum Gasteiger partial charge on any atom is 0.243 e. The molecule has 0 atom stereocenters. The maximum atomic E-state index is 10.9. The molecule has 0 heterocycles. The average Bonchev–Trinajstić information content (AvgIpc) is 2.83. The molecule has 0 aliphatic heterocycles. The number of halogens is 1. The molecule has 0 saturated carbocycles. The first-order valence-electron chi connectivity index (χ1n) is 14.8. The molecule has 33 heavy (non-hydrogen) atoms. The fraction of sp³-hybridized carbons (Fsp3) is 0.966. The van der Waals surface area contributed by atoms with Crippen molar-refractivity contribution in [2.45, 2.75) is 173 Å². The van der Waals surface area contributed by atoms with Crippen LogP contribution in [-0.2, 0) is 4.79 Å². The highest BCUT2D eigenvalue weighted by molar-refractivity contribution is 9.09. The van der Waals surface area contributed by atoms with Crippen LogP contribution in [0.5, 0.6) is 0 Å². The van der Waals surface area contributed by atoms with Gasteiger partial charge in [-0.3, -0.25) is 10.0 Å². The zero-order valence-electron chi connectivity index (χ0n) is 22.0. The van der Waals surface area contributed by atoms with Gasteiger partial charge in [-0.1, -0.05) is 170 Å². The lowest BCUT2D eigenvalue weighted by Crippen LogP contribution is -2.17. The van der Waals surface area contributed by atoms with E-state index in [2.05, 4.69) is 15.9 Å². The molecule has 0 radical (unpaired) electrons. The van der Waals surface area contributed by atoms with Crippen LogP contribution in [0.15, 0.2) is 0 Å². The minimum absolute atomic E-state index is 0.256. The summed E-state index contributed by atoms with van der Waals surface area (Å²) in [6.45, 7) is 0. The Morgan fingerprint density at radius 3 is 0.848 bits per heavy atom. The van der Waals surface area contributed by atoms with E-state index < -0.39 is 0 Å².